The number of anilines is 2. The quantitative estimate of drug-likeness (QED) is 0.524. The van der Waals surface area contributed by atoms with E-state index in [0.717, 1.165) is 23.9 Å². The molecule has 12 heteroatoms. The summed E-state index contributed by atoms with van der Waals surface area (Å²) in [4.78, 5) is 26.5. The molecule has 34 heavy (non-hydrogen) atoms. The molecule has 2 heterocycles. The first-order valence-corrected chi connectivity index (χ1v) is 11.2. The molecule has 1 aliphatic heterocycles. The predicted octanol–water partition coefficient (Wildman–Crippen LogP) is 4.05. The number of rotatable bonds is 6. The van der Waals surface area contributed by atoms with Crippen LogP contribution in [0.15, 0.2) is 53.7 Å². The number of nitrogens with zero attached hydrogens (tertiary/aromatic N) is 4. The second-order valence-corrected chi connectivity index (χ2v) is 8.45. The van der Waals surface area contributed by atoms with Crippen molar-refractivity contribution in [2.75, 3.05) is 22.6 Å². The average Bonchev–Trinajstić information content (AvgIpc) is 3.17. The average molecular weight is 491 g/mol. The smallest absolute Gasteiger partial charge is 0.416 e. The van der Waals surface area contributed by atoms with Crippen LogP contribution in [0.1, 0.15) is 24.4 Å². The third-order valence-electron chi connectivity index (χ3n) is 5.18. The van der Waals surface area contributed by atoms with E-state index in [2.05, 4.69) is 15.5 Å². The van der Waals surface area contributed by atoms with Crippen LogP contribution in [0.25, 0.3) is 0 Å². The molecule has 3 aromatic rings. The van der Waals surface area contributed by atoms with Gasteiger partial charge in [0.15, 0.2) is 17.6 Å². The zero-order valence-corrected chi connectivity index (χ0v) is 19.0. The van der Waals surface area contributed by atoms with E-state index < -0.39 is 23.7 Å². The summed E-state index contributed by atoms with van der Waals surface area (Å²) in [6.45, 7) is 1.73. The van der Waals surface area contributed by atoms with Gasteiger partial charge in [-0.25, -0.2) is 0 Å². The first-order valence-electron chi connectivity index (χ1n) is 10.2. The number of fused-ring (bicyclic) bond motifs is 1. The van der Waals surface area contributed by atoms with Gasteiger partial charge in [-0.15, -0.1) is 10.2 Å². The number of carbonyl (C=O) groups excluding carboxylic acids is 2. The van der Waals surface area contributed by atoms with Crippen LogP contribution in [-0.2, 0) is 22.8 Å². The number of carbonyl (C=O) groups is 2. The van der Waals surface area contributed by atoms with Crippen molar-refractivity contribution in [3.05, 3.63) is 59.9 Å². The highest BCUT2D eigenvalue weighted by Crippen LogP contribution is 2.37. The Balaban J connectivity index is 1.43. The van der Waals surface area contributed by atoms with Gasteiger partial charge in [-0.1, -0.05) is 30.0 Å². The number of ether oxygens (including phenoxy) is 1. The maximum Gasteiger partial charge on any atom is 0.416 e. The summed E-state index contributed by atoms with van der Waals surface area (Å²) in [7, 11) is 1.72. The standard InChI is InChI=1S/C22H20F3N5O3S/c1-13(30-16-8-3-4-9-17(16)33-11-19(30)32)20-27-28-21(29(20)2)34-12-18(31)26-15-7-5-6-14(10-15)22(23,24)25/h3-10,13H,11-12H2,1-2H3,(H,26,31)/t13-/m1/s1. The lowest BCUT2D eigenvalue weighted by atomic mass is 10.1. The molecule has 1 aromatic heterocycles. The van der Waals surface area contributed by atoms with Crippen LogP contribution in [0.3, 0.4) is 0 Å². The van der Waals surface area contributed by atoms with Crippen molar-refractivity contribution in [1.29, 1.82) is 0 Å². The Morgan fingerprint density at radius 2 is 1.97 bits per heavy atom. The summed E-state index contributed by atoms with van der Waals surface area (Å²) in [6, 6.07) is 11.2. The molecule has 1 atom stereocenters. The van der Waals surface area contributed by atoms with E-state index in [0.29, 0.717) is 22.4 Å². The molecule has 0 fully saturated rings. The highest BCUT2D eigenvalue weighted by Gasteiger charge is 2.33. The lowest BCUT2D eigenvalue weighted by Gasteiger charge is -2.33. The molecule has 0 aliphatic carbocycles. The van der Waals surface area contributed by atoms with Crippen molar-refractivity contribution in [2.45, 2.75) is 24.3 Å². The number of hydrogen-bond donors (Lipinski definition) is 1. The second-order valence-electron chi connectivity index (χ2n) is 7.51. The van der Waals surface area contributed by atoms with E-state index in [9.17, 15) is 22.8 Å². The zero-order chi connectivity index (χ0) is 24.5. The fraction of sp³-hybridized carbons (Fsp3) is 0.273. The molecule has 1 N–H and O–H groups in total. The SMILES string of the molecule is C[C@H](c1nnc(SCC(=O)Nc2cccc(C(F)(F)F)c2)n1C)N1C(=O)COc2ccccc21. The van der Waals surface area contributed by atoms with Gasteiger partial charge in [-0.05, 0) is 37.3 Å². The van der Waals surface area contributed by atoms with Gasteiger partial charge in [0.1, 0.15) is 5.75 Å². The lowest BCUT2D eigenvalue weighted by Crippen LogP contribution is -2.41. The van der Waals surface area contributed by atoms with Gasteiger partial charge >= 0.3 is 6.18 Å². The molecule has 8 nitrogen and oxygen atoms in total. The molecule has 0 saturated heterocycles. The van der Waals surface area contributed by atoms with Gasteiger partial charge in [-0.2, -0.15) is 13.2 Å². The predicted molar refractivity (Wildman–Crippen MR) is 120 cm³/mol. The number of aromatic nitrogens is 3. The van der Waals surface area contributed by atoms with E-state index in [4.69, 9.17) is 4.74 Å². The molecule has 0 radical (unpaired) electrons. The number of para-hydroxylation sites is 2. The maximum absolute atomic E-state index is 12.9. The van der Waals surface area contributed by atoms with Gasteiger partial charge in [-0.3, -0.25) is 14.5 Å². The van der Waals surface area contributed by atoms with Crippen molar-refractivity contribution >= 4 is 35.0 Å². The number of hydrogen-bond acceptors (Lipinski definition) is 6. The van der Waals surface area contributed by atoms with Gasteiger partial charge in [0.05, 0.1) is 23.0 Å². The Labute approximate surface area is 197 Å². The first-order chi connectivity index (χ1) is 16.1. The van der Waals surface area contributed by atoms with E-state index in [1.807, 2.05) is 19.1 Å². The molecule has 0 saturated carbocycles. The second kappa shape index (κ2) is 9.37. The zero-order valence-electron chi connectivity index (χ0n) is 18.2. The molecule has 4 rings (SSSR count). The van der Waals surface area contributed by atoms with Gasteiger partial charge < -0.3 is 14.6 Å². The van der Waals surface area contributed by atoms with Crippen molar-refractivity contribution in [1.82, 2.24) is 14.8 Å². The molecule has 0 bridgehead atoms. The van der Waals surface area contributed by atoms with Crippen LogP contribution < -0.4 is 15.0 Å². The lowest BCUT2D eigenvalue weighted by molar-refractivity contribution is -0.137. The Morgan fingerprint density at radius 3 is 2.74 bits per heavy atom. The fourth-order valence-corrected chi connectivity index (χ4v) is 4.30. The van der Waals surface area contributed by atoms with E-state index >= 15 is 0 Å². The largest absolute Gasteiger partial charge is 0.482 e. The van der Waals surface area contributed by atoms with Crippen LogP contribution >= 0.6 is 11.8 Å². The Hall–Kier alpha value is -3.54. The molecule has 1 aliphatic rings. The molecule has 2 aromatic carbocycles. The van der Waals surface area contributed by atoms with E-state index in [1.54, 1.807) is 28.6 Å². The number of amides is 2. The van der Waals surface area contributed by atoms with Crippen LogP contribution in [0, 0.1) is 0 Å². The molecule has 0 spiro atoms. The summed E-state index contributed by atoms with van der Waals surface area (Å²) in [5.74, 6) is 0.307. The van der Waals surface area contributed by atoms with Crippen molar-refractivity contribution in [3.8, 4) is 5.75 Å². The molecule has 2 amide bonds. The van der Waals surface area contributed by atoms with Crippen LogP contribution in [0.5, 0.6) is 5.75 Å². The minimum atomic E-state index is -4.50. The number of halogens is 3. The molecule has 0 unspecified atom stereocenters. The summed E-state index contributed by atoms with van der Waals surface area (Å²) >= 11 is 1.08. The summed E-state index contributed by atoms with van der Waals surface area (Å²) < 4.78 is 45.7. The minimum Gasteiger partial charge on any atom is -0.482 e. The van der Waals surface area contributed by atoms with Crippen molar-refractivity contribution in [2.24, 2.45) is 7.05 Å². The Bertz CT molecular complexity index is 1230. The first kappa shape index (κ1) is 23.6. The van der Waals surface area contributed by atoms with Crippen LogP contribution in [-0.4, -0.2) is 38.9 Å². The van der Waals surface area contributed by atoms with Gasteiger partial charge in [0, 0.05) is 12.7 Å². The topological polar surface area (TPSA) is 89.4 Å². The normalized spacial score (nSPS) is 14.4. The highest BCUT2D eigenvalue weighted by molar-refractivity contribution is 7.99. The molecular formula is C22H20F3N5O3S. The third kappa shape index (κ3) is 4.86. The maximum atomic E-state index is 12.9. The number of benzene rings is 2. The third-order valence-corrected chi connectivity index (χ3v) is 6.20. The van der Waals surface area contributed by atoms with Crippen molar-refractivity contribution < 1.29 is 27.5 Å². The Kier molecular flexibility index (Phi) is 6.51. The Morgan fingerprint density at radius 1 is 1.21 bits per heavy atom. The van der Waals surface area contributed by atoms with E-state index in [-0.39, 0.29) is 24.0 Å². The minimum absolute atomic E-state index is 0.0530. The highest BCUT2D eigenvalue weighted by atomic mass is 32.2. The summed E-state index contributed by atoms with van der Waals surface area (Å²) in [5, 5.41) is 11.2. The van der Waals surface area contributed by atoms with Crippen molar-refractivity contribution in [3.63, 3.8) is 0 Å². The van der Waals surface area contributed by atoms with Gasteiger partial charge in [0.2, 0.25) is 5.91 Å². The number of thioether (sulfide) groups is 1. The number of nitrogens with one attached hydrogen (secondary N) is 1. The molecular weight excluding hydrogens is 471 g/mol. The monoisotopic (exact) mass is 491 g/mol. The van der Waals surface area contributed by atoms with Gasteiger partial charge in [0.25, 0.3) is 5.91 Å². The van der Waals surface area contributed by atoms with Crippen LogP contribution in [0.4, 0.5) is 24.5 Å². The summed E-state index contributed by atoms with van der Waals surface area (Å²) in [5.41, 5.74) is -0.162. The summed E-state index contributed by atoms with van der Waals surface area (Å²) in [6.07, 6.45) is -4.50. The molecule has 178 valence electrons. The van der Waals surface area contributed by atoms with Crippen LogP contribution in [0.2, 0.25) is 0 Å². The van der Waals surface area contributed by atoms with E-state index in [1.165, 1.54) is 12.1 Å². The number of alkyl halides is 3. The fourth-order valence-electron chi connectivity index (χ4n) is 3.58.